The number of aromatic hydroxyl groups is 1. The molecule has 0 aliphatic carbocycles. The summed E-state index contributed by atoms with van der Waals surface area (Å²) in [6, 6.07) is 7.19. The van der Waals surface area contributed by atoms with E-state index in [1.165, 1.54) is 31.4 Å². The van der Waals surface area contributed by atoms with E-state index in [-0.39, 0.29) is 17.2 Å². The Morgan fingerprint density at radius 3 is 2.38 bits per heavy atom. The van der Waals surface area contributed by atoms with Crippen molar-refractivity contribution in [1.82, 2.24) is 0 Å². The molecule has 0 saturated carbocycles. The zero-order valence-electron chi connectivity index (χ0n) is 11.5. The van der Waals surface area contributed by atoms with E-state index in [9.17, 15) is 20.0 Å². The number of ether oxygens (including phenoxy) is 1. The summed E-state index contributed by atoms with van der Waals surface area (Å²) < 4.78 is 5.13. The van der Waals surface area contributed by atoms with Crippen LogP contribution in [-0.4, -0.2) is 23.4 Å². The van der Waals surface area contributed by atoms with Crippen molar-refractivity contribution in [3.05, 3.63) is 51.6 Å². The Hall–Kier alpha value is -2.89. The molecule has 0 aliphatic heterocycles. The van der Waals surface area contributed by atoms with Gasteiger partial charge in [-0.15, -0.1) is 0 Å². The van der Waals surface area contributed by atoms with E-state index in [0.29, 0.717) is 28.5 Å². The lowest BCUT2D eigenvalue weighted by atomic mass is 9.96. The van der Waals surface area contributed by atoms with E-state index in [2.05, 4.69) is 0 Å². The summed E-state index contributed by atoms with van der Waals surface area (Å²) >= 11 is 0. The van der Waals surface area contributed by atoms with Crippen LogP contribution in [0.2, 0.25) is 0 Å². The van der Waals surface area contributed by atoms with Gasteiger partial charge in [0.05, 0.1) is 12.0 Å². The Kier molecular flexibility index (Phi) is 3.89. The number of nitro benzene ring substituents is 1. The molecule has 0 atom stereocenters. The Morgan fingerprint density at radius 1 is 1.29 bits per heavy atom. The summed E-state index contributed by atoms with van der Waals surface area (Å²) in [5, 5.41) is 21.0. The van der Waals surface area contributed by atoms with Gasteiger partial charge in [-0.05, 0) is 36.2 Å². The maximum atomic E-state index is 11.2. The van der Waals surface area contributed by atoms with Gasteiger partial charge < -0.3 is 9.84 Å². The molecule has 0 fully saturated rings. The second-order valence-corrected chi connectivity index (χ2v) is 4.46. The van der Waals surface area contributed by atoms with Gasteiger partial charge in [0.1, 0.15) is 0 Å². The summed E-state index contributed by atoms with van der Waals surface area (Å²) in [4.78, 5) is 21.4. The van der Waals surface area contributed by atoms with Crippen molar-refractivity contribution >= 4 is 12.0 Å². The first-order valence-electron chi connectivity index (χ1n) is 6.10. The molecule has 2 rings (SSSR count). The summed E-state index contributed by atoms with van der Waals surface area (Å²) in [6.07, 6.45) is 0.628. The number of carbonyl (C=O) groups is 1. The number of nitro groups is 1. The molecule has 0 radical (unpaired) electrons. The lowest BCUT2D eigenvalue weighted by Crippen LogP contribution is -1.96. The minimum atomic E-state index is -0.514. The smallest absolute Gasteiger partial charge is 0.269 e. The fourth-order valence-corrected chi connectivity index (χ4v) is 2.21. The minimum Gasteiger partial charge on any atom is -0.504 e. The molecule has 6 heteroatoms. The van der Waals surface area contributed by atoms with Crippen LogP contribution in [0.15, 0.2) is 30.3 Å². The van der Waals surface area contributed by atoms with Crippen LogP contribution in [0.4, 0.5) is 5.69 Å². The molecular formula is C15H13NO5. The van der Waals surface area contributed by atoms with E-state index in [4.69, 9.17) is 4.74 Å². The maximum absolute atomic E-state index is 11.2. The number of benzene rings is 2. The molecule has 0 unspecified atom stereocenters. The monoisotopic (exact) mass is 287 g/mol. The molecule has 0 saturated heterocycles. The number of hydrogen-bond acceptors (Lipinski definition) is 5. The number of nitrogens with zero attached hydrogens (tertiary/aromatic N) is 1. The lowest BCUT2D eigenvalue weighted by molar-refractivity contribution is -0.384. The van der Waals surface area contributed by atoms with Gasteiger partial charge in [0, 0.05) is 23.3 Å². The quantitative estimate of drug-likeness (QED) is 0.530. The average molecular weight is 287 g/mol. The summed E-state index contributed by atoms with van der Waals surface area (Å²) in [7, 11) is 1.42. The van der Waals surface area contributed by atoms with Crippen LogP contribution in [0.3, 0.4) is 0 Å². The van der Waals surface area contributed by atoms with E-state index in [0.717, 1.165) is 0 Å². The van der Waals surface area contributed by atoms with E-state index >= 15 is 0 Å². The van der Waals surface area contributed by atoms with Crippen molar-refractivity contribution in [3.8, 4) is 22.6 Å². The molecule has 1 N–H and O–H groups in total. The number of non-ortho nitro benzene ring substituents is 1. The van der Waals surface area contributed by atoms with E-state index in [1.54, 1.807) is 13.0 Å². The summed E-state index contributed by atoms with van der Waals surface area (Å²) in [6.45, 7) is 1.71. The number of rotatable bonds is 4. The van der Waals surface area contributed by atoms with Crippen LogP contribution < -0.4 is 4.74 Å². The van der Waals surface area contributed by atoms with Crippen LogP contribution in [0, 0.1) is 17.0 Å². The largest absolute Gasteiger partial charge is 0.504 e. The molecule has 0 aliphatic rings. The molecule has 0 aromatic heterocycles. The van der Waals surface area contributed by atoms with Crippen molar-refractivity contribution in [2.75, 3.05) is 7.11 Å². The Labute approximate surface area is 120 Å². The van der Waals surface area contributed by atoms with Crippen LogP contribution in [0.25, 0.3) is 11.1 Å². The number of aryl methyl sites for hydroxylation is 1. The summed E-state index contributed by atoms with van der Waals surface area (Å²) in [5.74, 6) is 0.113. The van der Waals surface area contributed by atoms with Crippen LogP contribution in [-0.2, 0) is 0 Å². The van der Waals surface area contributed by atoms with Gasteiger partial charge in [0.15, 0.2) is 17.8 Å². The third-order valence-corrected chi connectivity index (χ3v) is 3.17. The van der Waals surface area contributed by atoms with Crippen molar-refractivity contribution in [2.45, 2.75) is 6.92 Å². The van der Waals surface area contributed by atoms with Crippen LogP contribution in [0.5, 0.6) is 11.5 Å². The SMILES string of the molecule is COc1c(C)cc(C=O)c(-c2ccc([N+](=O)[O-])cc2)c1O. The maximum Gasteiger partial charge on any atom is 0.269 e. The number of aldehydes is 1. The standard InChI is InChI=1S/C15H13NO5/c1-9-7-11(8-17)13(14(18)15(9)21-2)10-3-5-12(6-4-10)16(19)20/h3-8,18H,1-2H3. The van der Waals surface area contributed by atoms with Gasteiger partial charge in [-0.25, -0.2) is 0 Å². The topological polar surface area (TPSA) is 89.7 Å². The van der Waals surface area contributed by atoms with Gasteiger partial charge in [-0.2, -0.15) is 0 Å². The molecule has 0 amide bonds. The highest BCUT2D eigenvalue weighted by Crippen LogP contribution is 2.41. The zero-order chi connectivity index (χ0) is 15.6. The number of phenolic OH excluding ortho intramolecular Hbond substituents is 1. The first-order valence-corrected chi connectivity index (χ1v) is 6.10. The van der Waals surface area contributed by atoms with E-state index < -0.39 is 4.92 Å². The number of carbonyl (C=O) groups excluding carboxylic acids is 1. The van der Waals surface area contributed by atoms with Gasteiger partial charge in [-0.3, -0.25) is 14.9 Å². The van der Waals surface area contributed by atoms with Crippen LogP contribution >= 0.6 is 0 Å². The number of methoxy groups -OCH3 is 1. The minimum absolute atomic E-state index is 0.0648. The van der Waals surface area contributed by atoms with Crippen molar-refractivity contribution < 1.29 is 19.6 Å². The second-order valence-electron chi connectivity index (χ2n) is 4.46. The highest BCUT2D eigenvalue weighted by Gasteiger charge is 2.18. The molecular weight excluding hydrogens is 274 g/mol. The van der Waals surface area contributed by atoms with Gasteiger partial charge in [-0.1, -0.05) is 0 Å². The zero-order valence-corrected chi connectivity index (χ0v) is 11.5. The summed E-state index contributed by atoms with van der Waals surface area (Å²) in [5.41, 5.74) is 1.65. The Balaban J connectivity index is 2.67. The first-order chi connectivity index (χ1) is 9.99. The predicted molar refractivity (Wildman–Crippen MR) is 76.9 cm³/mol. The molecule has 2 aromatic rings. The Morgan fingerprint density at radius 2 is 1.90 bits per heavy atom. The van der Waals surface area contributed by atoms with Gasteiger partial charge in [0.25, 0.3) is 5.69 Å². The average Bonchev–Trinajstić information content (AvgIpc) is 2.47. The molecule has 21 heavy (non-hydrogen) atoms. The fourth-order valence-electron chi connectivity index (χ4n) is 2.21. The number of hydrogen-bond donors (Lipinski definition) is 1. The molecule has 0 heterocycles. The molecule has 2 aromatic carbocycles. The Bertz CT molecular complexity index is 707. The van der Waals surface area contributed by atoms with Crippen molar-refractivity contribution in [1.29, 1.82) is 0 Å². The van der Waals surface area contributed by atoms with Crippen molar-refractivity contribution in [3.63, 3.8) is 0 Å². The van der Waals surface area contributed by atoms with Crippen LogP contribution in [0.1, 0.15) is 15.9 Å². The molecule has 0 spiro atoms. The third kappa shape index (κ3) is 2.55. The third-order valence-electron chi connectivity index (χ3n) is 3.17. The highest BCUT2D eigenvalue weighted by atomic mass is 16.6. The second kappa shape index (κ2) is 5.62. The molecule has 0 bridgehead atoms. The lowest BCUT2D eigenvalue weighted by Gasteiger charge is -2.14. The van der Waals surface area contributed by atoms with E-state index in [1.807, 2.05) is 0 Å². The fraction of sp³-hybridized carbons (Fsp3) is 0.133. The molecule has 108 valence electrons. The van der Waals surface area contributed by atoms with Gasteiger partial charge >= 0.3 is 0 Å². The first kappa shape index (κ1) is 14.5. The normalized spacial score (nSPS) is 10.2. The molecule has 6 nitrogen and oxygen atoms in total. The highest BCUT2D eigenvalue weighted by molar-refractivity contribution is 5.92. The van der Waals surface area contributed by atoms with Gasteiger partial charge in [0.2, 0.25) is 0 Å². The predicted octanol–water partition coefficient (Wildman–Crippen LogP) is 3.10. The number of phenols is 1. The van der Waals surface area contributed by atoms with Crippen molar-refractivity contribution in [2.24, 2.45) is 0 Å².